The van der Waals surface area contributed by atoms with Crippen LogP contribution in [0.2, 0.25) is 0 Å². The van der Waals surface area contributed by atoms with Crippen LogP contribution in [0.3, 0.4) is 0 Å². The summed E-state index contributed by atoms with van der Waals surface area (Å²) in [5.74, 6) is 0.985. The van der Waals surface area contributed by atoms with E-state index < -0.39 is 0 Å². The first-order chi connectivity index (χ1) is 9.76. The molecule has 1 saturated carbocycles. The van der Waals surface area contributed by atoms with Crippen LogP contribution < -0.4 is 0 Å². The van der Waals surface area contributed by atoms with Crippen LogP contribution in [-0.2, 0) is 13.0 Å². The Morgan fingerprint density at radius 1 is 1.40 bits per heavy atom. The van der Waals surface area contributed by atoms with E-state index in [-0.39, 0.29) is 5.75 Å². The van der Waals surface area contributed by atoms with Crippen molar-refractivity contribution in [2.75, 3.05) is 0 Å². The molecule has 1 heterocycles. The molecule has 1 aromatic heterocycles. The predicted molar refractivity (Wildman–Crippen MR) is 78.4 cm³/mol. The molecule has 1 N–H and O–H groups in total. The molecule has 0 radical (unpaired) electrons. The van der Waals surface area contributed by atoms with Crippen molar-refractivity contribution in [1.82, 2.24) is 15.0 Å². The second-order valence-electron chi connectivity index (χ2n) is 5.47. The van der Waals surface area contributed by atoms with Crippen LogP contribution in [0, 0.1) is 5.92 Å². The lowest BCUT2D eigenvalue weighted by molar-refractivity contribution is 0.264. The van der Waals surface area contributed by atoms with Gasteiger partial charge in [0.1, 0.15) is 11.4 Å². The minimum atomic E-state index is 0.244. The molecule has 0 bridgehead atoms. The number of hydrogen-bond donors (Lipinski definition) is 1. The molecule has 1 aliphatic carbocycles. The number of rotatable bonds is 5. The molecule has 1 aromatic carbocycles. The monoisotopic (exact) mass is 269 g/mol. The highest BCUT2D eigenvalue weighted by Crippen LogP contribution is 2.30. The van der Waals surface area contributed by atoms with Gasteiger partial charge < -0.3 is 5.11 Å². The molecular weight excluding hydrogens is 250 g/mol. The number of phenolic OH excluding ortho intramolecular Hbond substituents is 1. The Kier molecular flexibility index (Phi) is 3.54. The van der Waals surface area contributed by atoms with Crippen LogP contribution in [-0.4, -0.2) is 20.1 Å². The lowest BCUT2D eigenvalue weighted by atomic mass is 9.85. The van der Waals surface area contributed by atoms with Gasteiger partial charge in [-0.3, -0.25) is 4.68 Å². The smallest absolute Gasteiger partial charge is 0.125 e. The highest BCUT2D eigenvalue weighted by atomic mass is 16.3. The van der Waals surface area contributed by atoms with Crippen molar-refractivity contribution in [2.24, 2.45) is 5.92 Å². The van der Waals surface area contributed by atoms with E-state index in [4.69, 9.17) is 0 Å². The zero-order chi connectivity index (χ0) is 13.9. The molecule has 2 aromatic rings. The summed E-state index contributed by atoms with van der Waals surface area (Å²) in [7, 11) is 0. The summed E-state index contributed by atoms with van der Waals surface area (Å²) in [6.07, 6.45) is 8.46. The van der Waals surface area contributed by atoms with Crippen molar-refractivity contribution in [3.05, 3.63) is 42.6 Å². The summed E-state index contributed by atoms with van der Waals surface area (Å²) in [5, 5.41) is 18.4. The SMILES string of the molecule is C=CCc1ccc(O)c(-c2cn(CC3CCC3)nn2)c1. The average molecular weight is 269 g/mol. The van der Waals surface area contributed by atoms with E-state index in [2.05, 4.69) is 16.9 Å². The molecule has 4 nitrogen and oxygen atoms in total. The highest BCUT2D eigenvalue weighted by molar-refractivity contribution is 5.66. The van der Waals surface area contributed by atoms with Crippen LogP contribution >= 0.6 is 0 Å². The quantitative estimate of drug-likeness (QED) is 0.848. The van der Waals surface area contributed by atoms with Gasteiger partial charge in [-0.25, -0.2) is 0 Å². The van der Waals surface area contributed by atoms with Crippen molar-refractivity contribution in [3.63, 3.8) is 0 Å². The summed E-state index contributed by atoms with van der Waals surface area (Å²) in [6, 6.07) is 5.56. The van der Waals surface area contributed by atoms with E-state index in [1.54, 1.807) is 6.07 Å². The lowest BCUT2D eigenvalue weighted by Crippen LogP contribution is -2.18. The Labute approximate surface area is 118 Å². The molecule has 0 spiro atoms. The number of nitrogens with zero attached hydrogens (tertiary/aromatic N) is 3. The minimum Gasteiger partial charge on any atom is -0.507 e. The molecule has 0 saturated heterocycles. The maximum atomic E-state index is 10.0. The average Bonchev–Trinajstić information content (AvgIpc) is 2.85. The van der Waals surface area contributed by atoms with Crippen LogP contribution in [0.4, 0.5) is 0 Å². The van der Waals surface area contributed by atoms with E-state index in [1.165, 1.54) is 19.3 Å². The largest absolute Gasteiger partial charge is 0.507 e. The van der Waals surface area contributed by atoms with E-state index in [1.807, 2.05) is 29.1 Å². The van der Waals surface area contributed by atoms with Crippen LogP contribution in [0.25, 0.3) is 11.3 Å². The predicted octanol–water partition coefficient (Wildman–Crippen LogP) is 3.18. The summed E-state index contributed by atoms with van der Waals surface area (Å²) < 4.78 is 1.89. The Bertz CT molecular complexity index is 614. The molecule has 1 aliphatic rings. The van der Waals surface area contributed by atoms with Gasteiger partial charge in [0.15, 0.2) is 0 Å². The standard InChI is InChI=1S/C16H19N3O/c1-2-4-12-7-8-16(20)14(9-12)15-11-19(18-17-15)10-13-5-3-6-13/h2,7-9,11,13,20H,1,3-6,10H2. The molecular formula is C16H19N3O. The van der Waals surface area contributed by atoms with Crippen LogP contribution in [0.1, 0.15) is 24.8 Å². The number of allylic oxidation sites excluding steroid dienone is 1. The van der Waals surface area contributed by atoms with Gasteiger partial charge >= 0.3 is 0 Å². The number of aromatic nitrogens is 3. The zero-order valence-corrected chi connectivity index (χ0v) is 11.5. The zero-order valence-electron chi connectivity index (χ0n) is 11.5. The number of hydrogen-bond acceptors (Lipinski definition) is 3. The fraction of sp³-hybridized carbons (Fsp3) is 0.375. The molecule has 1 fully saturated rings. The van der Waals surface area contributed by atoms with Crippen molar-refractivity contribution < 1.29 is 5.11 Å². The highest BCUT2D eigenvalue weighted by Gasteiger charge is 2.19. The Morgan fingerprint density at radius 2 is 2.25 bits per heavy atom. The van der Waals surface area contributed by atoms with Crippen molar-refractivity contribution in [1.29, 1.82) is 0 Å². The van der Waals surface area contributed by atoms with E-state index in [0.29, 0.717) is 0 Å². The van der Waals surface area contributed by atoms with Crippen LogP contribution in [0.5, 0.6) is 5.75 Å². The third-order valence-electron chi connectivity index (χ3n) is 3.93. The summed E-state index contributed by atoms with van der Waals surface area (Å²) in [5.41, 5.74) is 2.58. The molecule has 104 valence electrons. The van der Waals surface area contributed by atoms with E-state index in [0.717, 1.165) is 35.7 Å². The second-order valence-corrected chi connectivity index (χ2v) is 5.47. The molecule has 4 heteroatoms. The molecule has 0 amide bonds. The summed E-state index contributed by atoms with van der Waals surface area (Å²) in [6.45, 7) is 4.67. The number of aromatic hydroxyl groups is 1. The van der Waals surface area contributed by atoms with Crippen molar-refractivity contribution in [2.45, 2.75) is 32.2 Å². The Balaban J connectivity index is 1.83. The van der Waals surface area contributed by atoms with Gasteiger partial charge in [-0.05, 0) is 42.9 Å². The van der Waals surface area contributed by atoms with Gasteiger partial charge in [-0.2, -0.15) is 0 Å². The maximum absolute atomic E-state index is 10.0. The van der Waals surface area contributed by atoms with Crippen LogP contribution in [0.15, 0.2) is 37.1 Å². The van der Waals surface area contributed by atoms with Gasteiger partial charge in [-0.1, -0.05) is 23.8 Å². The third kappa shape index (κ3) is 2.59. The third-order valence-corrected chi connectivity index (χ3v) is 3.93. The Morgan fingerprint density at radius 3 is 2.95 bits per heavy atom. The fourth-order valence-electron chi connectivity index (χ4n) is 2.53. The van der Waals surface area contributed by atoms with Gasteiger partial charge in [-0.15, -0.1) is 11.7 Å². The normalized spacial score (nSPS) is 15.0. The second kappa shape index (κ2) is 5.49. The molecule has 0 atom stereocenters. The maximum Gasteiger partial charge on any atom is 0.125 e. The first kappa shape index (κ1) is 12.9. The molecule has 3 rings (SSSR count). The molecule has 20 heavy (non-hydrogen) atoms. The van der Waals surface area contributed by atoms with Gasteiger partial charge in [0.05, 0.1) is 6.20 Å². The lowest BCUT2D eigenvalue weighted by Gasteiger charge is -2.24. The first-order valence-corrected chi connectivity index (χ1v) is 7.09. The van der Waals surface area contributed by atoms with Gasteiger partial charge in [0.2, 0.25) is 0 Å². The van der Waals surface area contributed by atoms with E-state index >= 15 is 0 Å². The molecule has 0 aliphatic heterocycles. The minimum absolute atomic E-state index is 0.244. The number of benzene rings is 1. The summed E-state index contributed by atoms with van der Waals surface area (Å²) in [4.78, 5) is 0. The molecule has 0 unspecified atom stereocenters. The van der Waals surface area contributed by atoms with E-state index in [9.17, 15) is 5.11 Å². The summed E-state index contributed by atoms with van der Waals surface area (Å²) >= 11 is 0. The van der Waals surface area contributed by atoms with Gasteiger partial charge in [0, 0.05) is 12.1 Å². The first-order valence-electron chi connectivity index (χ1n) is 7.09. The fourth-order valence-corrected chi connectivity index (χ4v) is 2.53. The van der Waals surface area contributed by atoms with Gasteiger partial charge in [0.25, 0.3) is 0 Å². The topological polar surface area (TPSA) is 50.9 Å². The number of phenols is 1. The van der Waals surface area contributed by atoms with Crippen molar-refractivity contribution in [3.8, 4) is 17.0 Å². The Hall–Kier alpha value is -2.10. The van der Waals surface area contributed by atoms with Crippen molar-refractivity contribution >= 4 is 0 Å².